The molecule has 0 N–H and O–H groups in total. The molecule has 0 radical (unpaired) electrons. The van der Waals surface area contributed by atoms with Crippen LogP contribution in [-0.2, 0) is 6.42 Å². The topological polar surface area (TPSA) is 18.5 Å². The molecule has 0 saturated heterocycles. The molecule has 0 fully saturated rings. The van der Waals surface area contributed by atoms with Gasteiger partial charge in [0.25, 0.3) is 0 Å². The first-order valence-electron chi connectivity index (χ1n) is 6.52. The fourth-order valence-electron chi connectivity index (χ4n) is 2.06. The van der Waals surface area contributed by atoms with Gasteiger partial charge in [-0.15, -0.1) is 0 Å². The molecule has 0 unspecified atom stereocenters. The van der Waals surface area contributed by atoms with Crippen molar-refractivity contribution in [3.63, 3.8) is 0 Å². The predicted molar refractivity (Wildman–Crippen MR) is 78.1 cm³/mol. The summed E-state index contributed by atoms with van der Waals surface area (Å²) in [5, 5.41) is 0. The first kappa shape index (κ1) is 13.5. The summed E-state index contributed by atoms with van der Waals surface area (Å²) >= 11 is 0. The zero-order valence-corrected chi connectivity index (χ0v) is 11.8. The minimum absolute atomic E-state index is 0.691. The van der Waals surface area contributed by atoms with Gasteiger partial charge in [0.05, 0.1) is 13.7 Å². The minimum Gasteiger partial charge on any atom is -0.496 e. The van der Waals surface area contributed by atoms with Crippen molar-refractivity contribution >= 4 is 0 Å². The number of aryl methyl sites for hydroxylation is 2. The van der Waals surface area contributed by atoms with Gasteiger partial charge in [-0.1, -0.05) is 30.3 Å². The van der Waals surface area contributed by atoms with Crippen LogP contribution in [0.25, 0.3) is 0 Å². The highest BCUT2D eigenvalue weighted by Crippen LogP contribution is 2.27. The minimum atomic E-state index is 0.691. The first-order chi connectivity index (χ1) is 9.20. The van der Waals surface area contributed by atoms with E-state index in [-0.39, 0.29) is 0 Å². The summed E-state index contributed by atoms with van der Waals surface area (Å²) in [4.78, 5) is 0. The zero-order valence-electron chi connectivity index (χ0n) is 11.8. The van der Waals surface area contributed by atoms with E-state index >= 15 is 0 Å². The second-order valence-electron chi connectivity index (χ2n) is 4.67. The van der Waals surface area contributed by atoms with E-state index in [4.69, 9.17) is 9.47 Å². The Bertz CT molecular complexity index is 532. The summed E-state index contributed by atoms with van der Waals surface area (Å²) in [5.74, 6) is 1.85. The first-order valence-corrected chi connectivity index (χ1v) is 6.52. The van der Waals surface area contributed by atoms with Crippen LogP contribution < -0.4 is 9.47 Å². The molecular weight excluding hydrogens is 236 g/mol. The Balaban J connectivity index is 1.98. The molecular formula is C17H20O2. The maximum absolute atomic E-state index is 5.87. The fourth-order valence-corrected chi connectivity index (χ4v) is 2.06. The Labute approximate surface area is 115 Å². The number of benzene rings is 2. The quantitative estimate of drug-likeness (QED) is 0.807. The third-order valence-electron chi connectivity index (χ3n) is 3.18. The van der Waals surface area contributed by atoms with Crippen molar-refractivity contribution in [3.05, 3.63) is 59.2 Å². The van der Waals surface area contributed by atoms with Crippen LogP contribution in [0.1, 0.15) is 16.7 Å². The highest BCUT2D eigenvalue weighted by atomic mass is 16.5. The summed E-state index contributed by atoms with van der Waals surface area (Å²) in [7, 11) is 1.69. The molecule has 0 spiro atoms. The van der Waals surface area contributed by atoms with E-state index in [1.807, 2.05) is 32.0 Å². The van der Waals surface area contributed by atoms with Gasteiger partial charge in [-0.2, -0.15) is 0 Å². The third-order valence-corrected chi connectivity index (χ3v) is 3.18. The molecule has 2 rings (SSSR count). The van der Waals surface area contributed by atoms with Crippen LogP contribution in [0.5, 0.6) is 11.5 Å². The van der Waals surface area contributed by atoms with E-state index in [9.17, 15) is 0 Å². The normalized spacial score (nSPS) is 10.3. The monoisotopic (exact) mass is 256 g/mol. The van der Waals surface area contributed by atoms with E-state index in [0.29, 0.717) is 6.61 Å². The van der Waals surface area contributed by atoms with Gasteiger partial charge in [0.15, 0.2) is 0 Å². The lowest BCUT2D eigenvalue weighted by molar-refractivity contribution is 0.318. The molecule has 19 heavy (non-hydrogen) atoms. The van der Waals surface area contributed by atoms with Crippen molar-refractivity contribution in [1.29, 1.82) is 0 Å². The van der Waals surface area contributed by atoms with Gasteiger partial charge in [0, 0.05) is 6.42 Å². The second kappa shape index (κ2) is 6.28. The summed E-state index contributed by atoms with van der Waals surface area (Å²) in [6.45, 7) is 4.76. The summed E-state index contributed by atoms with van der Waals surface area (Å²) < 4.78 is 11.2. The van der Waals surface area contributed by atoms with Crippen LogP contribution in [0, 0.1) is 13.8 Å². The molecule has 2 heteroatoms. The van der Waals surface area contributed by atoms with Crippen LogP contribution >= 0.6 is 0 Å². The van der Waals surface area contributed by atoms with E-state index in [2.05, 4.69) is 24.3 Å². The Morgan fingerprint density at radius 1 is 0.895 bits per heavy atom. The number of ether oxygens (including phenoxy) is 2. The van der Waals surface area contributed by atoms with Crippen LogP contribution in [0.3, 0.4) is 0 Å². The van der Waals surface area contributed by atoms with Crippen molar-refractivity contribution in [2.75, 3.05) is 13.7 Å². The Kier molecular flexibility index (Phi) is 4.45. The predicted octanol–water partition coefficient (Wildman–Crippen LogP) is 3.93. The van der Waals surface area contributed by atoms with Crippen molar-refractivity contribution in [3.8, 4) is 11.5 Å². The summed E-state index contributed by atoms with van der Waals surface area (Å²) in [6, 6.07) is 14.4. The van der Waals surface area contributed by atoms with Gasteiger partial charge < -0.3 is 9.47 Å². The average molecular weight is 256 g/mol. The van der Waals surface area contributed by atoms with Crippen molar-refractivity contribution in [1.82, 2.24) is 0 Å². The largest absolute Gasteiger partial charge is 0.496 e. The molecule has 0 aromatic heterocycles. The summed E-state index contributed by atoms with van der Waals surface area (Å²) in [6.07, 6.45) is 0.922. The molecule has 0 aliphatic heterocycles. The molecule has 0 heterocycles. The SMILES string of the molecule is COc1cc(C)c(OCCc2ccccc2)cc1C. The van der Waals surface area contributed by atoms with Gasteiger partial charge in [0.2, 0.25) is 0 Å². The Morgan fingerprint density at radius 2 is 1.53 bits per heavy atom. The highest BCUT2D eigenvalue weighted by molar-refractivity contribution is 5.45. The molecule has 2 aromatic rings. The number of hydrogen-bond donors (Lipinski definition) is 0. The molecule has 0 atom stereocenters. The standard InChI is InChI=1S/C17H20O2/c1-13-12-17(14(2)11-16(13)18-3)19-10-9-15-7-5-4-6-8-15/h4-8,11-12H,9-10H2,1-3H3. The van der Waals surface area contributed by atoms with E-state index in [0.717, 1.165) is 29.0 Å². The zero-order chi connectivity index (χ0) is 13.7. The average Bonchev–Trinajstić information content (AvgIpc) is 2.43. The lowest BCUT2D eigenvalue weighted by atomic mass is 10.1. The highest BCUT2D eigenvalue weighted by Gasteiger charge is 2.05. The molecule has 0 amide bonds. The van der Waals surface area contributed by atoms with Crippen molar-refractivity contribution < 1.29 is 9.47 Å². The van der Waals surface area contributed by atoms with Crippen LogP contribution in [-0.4, -0.2) is 13.7 Å². The fraction of sp³-hybridized carbons (Fsp3) is 0.294. The Hall–Kier alpha value is -1.96. The molecule has 0 aliphatic carbocycles. The van der Waals surface area contributed by atoms with Gasteiger partial charge in [-0.05, 0) is 42.7 Å². The lowest BCUT2D eigenvalue weighted by Gasteiger charge is -2.12. The van der Waals surface area contributed by atoms with Gasteiger partial charge in [0.1, 0.15) is 11.5 Å². The number of hydrogen-bond acceptors (Lipinski definition) is 2. The van der Waals surface area contributed by atoms with E-state index in [1.54, 1.807) is 7.11 Å². The third kappa shape index (κ3) is 3.50. The maximum atomic E-state index is 5.87. The second-order valence-corrected chi connectivity index (χ2v) is 4.67. The van der Waals surface area contributed by atoms with E-state index in [1.165, 1.54) is 5.56 Å². The molecule has 100 valence electrons. The Morgan fingerprint density at radius 3 is 2.21 bits per heavy atom. The van der Waals surface area contributed by atoms with Crippen molar-refractivity contribution in [2.24, 2.45) is 0 Å². The van der Waals surface area contributed by atoms with Crippen LogP contribution in [0.15, 0.2) is 42.5 Å². The maximum Gasteiger partial charge on any atom is 0.122 e. The molecule has 0 saturated carbocycles. The molecule has 0 bridgehead atoms. The van der Waals surface area contributed by atoms with Gasteiger partial charge in [-0.3, -0.25) is 0 Å². The number of rotatable bonds is 5. The lowest BCUT2D eigenvalue weighted by Crippen LogP contribution is -2.03. The summed E-state index contributed by atoms with van der Waals surface area (Å²) in [5.41, 5.74) is 3.50. The molecule has 2 aromatic carbocycles. The molecule has 2 nitrogen and oxygen atoms in total. The van der Waals surface area contributed by atoms with Crippen LogP contribution in [0.2, 0.25) is 0 Å². The van der Waals surface area contributed by atoms with E-state index < -0.39 is 0 Å². The van der Waals surface area contributed by atoms with Gasteiger partial charge in [-0.25, -0.2) is 0 Å². The smallest absolute Gasteiger partial charge is 0.122 e. The number of methoxy groups -OCH3 is 1. The van der Waals surface area contributed by atoms with Gasteiger partial charge >= 0.3 is 0 Å². The van der Waals surface area contributed by atoms with Crippen LogP contribution in [0.4, 0.5) is 0 Å². The van der Waals surface area contributed by atoms with Crippen molar-refractivity contribution in [2.45, 2.75) is 20.3 Å². The molecule has 0 aliphatic rings.